The number of hydrogen-bond acceptors (Lipinski definition) is 6. The Morgan fingerprint density at radius 3 is 2.53 bits per heavy atom. The van der Waals surface area contributed by atoms with E-state index < -0.39 is 0 Å². The van der Waals surface area contributed by atoms with Gasteiger partial charge in [-0.1, -0.05) is 18.2 Å². The van der Waals surface area contributed by atoms with E-state index in [-0.39, 0.29) is 12.5 Å². The van der Waals surface area contributed by atoms with Crippen LogP contribution in [0.3, 0.4) is 0 Å². The van der Waals surface area contributed by atoms with Gasteiger partial charge in [0, 0.05) is 11.9 Å². The summed E-state index contributed by atoms with van der Waals surface area (Å²) in [6.07, 6.45) is 6.48. The Labute approximate surface area is 185 Å². The summed E-state index contributed by atoms with van der Waals surface area (Å²) in [5.41, 5.74) is 4.69. The predicted octanol–water partition coefficient (Wildman–Crippen LogP) is 3.58. The van der Waals surface area contributed by atoms with Gasteiger partial charge in [-0.05, 0) is 42.3 Å². The molecule has 0 fully saturated rings. The van der Waals surface area contributed by atoms with Gasteiger partial charge in [0.05, 0.1) is 50.9 Å². The van der Waals surface area contributed by atoms with Crippen LogP contribution in [0, 0.1) is 6.92 Å². The largest absolute Gasteiger partial charge is 0.493 e. The number of ether oxygens (including phenoxy) is 2. The van der Waals surface area contributed by atoms with Crippen LogP contribution in [0.15, 0.2) is 67.4 Å². The smallest absolute Gasteiger partial charge is 0.270 e. The fourth-order valence-corrected chi connectivity index (χ4v) is 3.29. The zero-order chi connectivity index (χ0) is 22.5. The number of carbonyl (C=O) groups is 1. The van der Waals surface area contributed by atoms with Crippen molar-refractivity contribution in [2.24, 2.45) is 0 Å². The first-order valence-corrected chi connectivity index (χ1v) is 10.00. The molecule has 2 aromatic heterocycles. The lowest BCUT2D eigenvalue weighted by Gasteiger charge is -2.12. The van der Waals surface area contributed by atoms with Crippen LogP contribution < -0.4 is 14.8 Å². The quantitative estimate of drug-likeness (QED) is 0.483. The van der Waals surface area contributed by atoms with Gasteiger partial charge in [-0.15, -0.1) is 0 Å². The van der Waals surface area contributed by atoms with Crippen LogP contribution in [0.5, 0.6) is 11.5 Å². The van der Waals surface area contributed by atoms with Gasteiger partial charge in [0.1, 0.15) is 5.69 Å². The maximum absolute atomic E-state index is 12.8. The number of carbonyl (C=O) groups excluding carboxylic acids is 1. The molecule has 0 spiro atoms. The number of imidazole rings is 1. The van der Waals surface area contributed by atoms with E-state index in [4.69, 9.17) is 9.47 Å². The molecule has 0 bridgehead atoms. The first kappa shape index (κ1) is 21.0. The lowest BCUT2D eigenvalue weighted by atomic mass is 10.0. The van der Waals surface area contributed by atoms with Crippen molar-refractivity contribution in [1.29, 1.82) is 0 Å². The molecule has 8 nitrogen and oxygen atoms in total. The molecule has 8 heteroatoms. The van der Waals surface area contributed by atoms with Gasteiger partial charge in [0.15, 0.2) is 11.5 Å². The number of nitrogens with one attached hydrogen (secondary N) is 1. The fourth-order valence-electron chi connectivity index (χ4n) is 3.29. The first-order valence-electron chi connectivity index (χ1n) is 10.00. The number of amides is 1. The van der Waals surface area contributed by atoms with Crippen molar-refractivity contribution in [2.45, 2.75) is 13.5 Å². The maximum Gasteiger partial charge on any atom is 0.270 e. The zero-order valence-corrected chi connectivity index (χ0v) is 18.1. The molecule has 2 heterocycles. The Balaban J connectivity index is 1.57. The Morgan fingerprint density at radius 1 is 0.969 bits per heavy atom. The number of rotatable bonds is 7. The second-order valence-electron chi connectivity index (χ2n) is 7.10. The number of aryl methyl sites for hydroxylation is 1. The van der Waals surface area contributed by atoms with Gasteiger partial charge >= 0.3 is 0 Å². The molecule has 0 saturated heterocycles. The van der Waals surface area contributed by atoms with Gasteiger partial charge in [-0.2, -0.15) is 0 Å². The van der Waals surface area contributed by atoms with Gasteiger partial charge in [-0.25, -0.2) is 4.98 Å². The third kappa shape index (κ3) is 4.44. The van der Waals surface area contributed by atoms with E-state index in [1.807, 2.05) is 49.4 Å². The van der Waals surface area contributed by atoms with E-state index in [2.05, 4.69) is 20.3 Å². The standard InChI is InChI=1S/C24H23N5O3/c1-16-11-27-19(12-26-16)13-28-24(30)21-14-25-15-29(21)20-6-4-5-17(9-20)18-7-8-22(31-2)23(10-18)32-3/h4-12,14-15H,13H2,1-3H3,(H,28,30). The van der Waals surface area contributed by atoms with E-state index >= 15 is 0 Å². The second-order valence-corrected chi connectivity index (χ2v) is 7.10. The van der Waals surface area contributed by atoms with Crippen LogP contribution in [0.25, 0.3) is 16.8 Å². The minimum absolute atomic E-state index is 0.249. The van der Waals surface area contributed by atoms with E-state index in [1.165, 1.54) is 0 Å². The second kappa shape index (κ2) is 9.30. The molecule has 0 atom stereocenters. The first-order chi connectivity index (χ1) is 15.6. The number of aromatic nitrogens is 4. The molecule has 0 aliphatic carbocycles. The summed E-state index contributed by atoms with van der Waals surface area (Å²) < 4.78 is 12.5. The monoisotopic (exact) mass is 429 g/mol. The SMILES string of the molecule is COc1ccc(-c2cccc(-n3cncc3C(=O)NCc3cnc(C)cn3)c2)cc1OC. The van der Waals surface area contributed by atoms with Crippen molar-refractivity contribution in [1.82, 2.24) is 24.8 Å². The molecule has 0 radical (unpaired) electrons. The van der Waals surface area contributed by atoms with Crippen LogP contribution in [0.4, 0.5) is 0 Å². The Morgan fingerprint density at radius 2 is 1.78 bits per heavy atom. The molecule has 1 N–H and O–H groups in total. The lowest BCUT2D eigenvalue weighted by molar-refractivity contribution is 0.0943. The van der Waals surface area contributed by atoms with Crippen LogP contribution >= 0.6 is 0 Å². The maximum atomic E-state index is 12.8. The van der Waals surface area contributed by atoms with Crippen LogP contribution in [0.1, 0.15) is 21.9 Å². The van der Waals surface area contributed by atoms with E-state index in [0.717, 1.165) is 22.5 Å². The van der Waals surface area contributed by atoms with Crippen molar-refractivity contribution >= 4 is 5.91 Å². The molecule has 2 aromatic carbocycles. The van der Waals surface area contributed by atoms with E-state index in [0.29, 0.717) is 22.9 Å². The van der Waals surface area contributed by atoms with Crippen molar-refractivity contribution in [2.75, 3.05) is 14.2 Å². The molecule has 32 heavy (non-hydrogen) atoms. The average Bonchev–Trinajstić information content (AvgIpc) is 3.33. The average molecular weight is 429 g/mol. The molecule has 4 aromatic rings. The summed E-state index contributed by atoms with van der Waals surface area (Å²) in [5, 5.41) is 2.87. The normalized spacial score (nSPS) is 10.6. The summed E-state index contributed by atoms with van der Waals surface area (Å²) >= 11 is 0. The van der Waals surface area contributed by atoms with Crippen LogP contribution in [0.2, 0.25) is 0 Å². The van der Waals surface area contributed by atoms with Crippen molar-refractivity contribution in [3.8, 4) is 28.3 Å². The third-order valence-corrected chi connectivity index (χ3v) is 4.98. The highest BCUT2D eigenvalue weighted by Gasteiger charge is 2.14. The lowest BCUT2D eigenvalue weighted by Crippen LogP contribution is -2.25. The Kier molecular flexibility index (Phi) is 6.12. The summed E-state index contributed by atoms with van der Waals surface area (Å²) in [6, 6.07) is 13.6. The van der Waals surface area contributed by atoms with Gasteiger partial charge in [0.25, 0.3) is 5.91 Å². The number of hydrogen-bond donors (Lipinski definition) is 1. The number of nitrogens with zero attached hydrogens (tertiary/aromatic N) is 4. The van der Waals surface area contributed by atoms with Gasteiger partial charge in [0.2, 0.25) is 0 Å². The summed E-state index contributed by atoms with van der Waals surface area (Å²) in [5.74, 6) is 1.07. The highest BCUT2D eigenvalue weighted by molar-refractivity contribution is 5.93. The third-order valence-electron chi connectivity index (χ3n) is 4.98. The van der Waals surface area contributed by atoms with Gasteiger partial charge < -0.3 is 14.8 Å². The van der Waals surface area contributed by atoms with Gasteiger partial charge in [-0.3, -0.25) is 19.3 Å². The van der Waals surface area contributed by atoms with Crippen molar-refractivity contribution < 1.29 is 14.3 Å². The molecule has 0 aliphatic rings. The zero-order valence-electron chi connectivity index (χ0n) is 18.1. The summed E-state index contributed by atoms with van der Waals surface area (Å²) in [7, 11) is 3.21. The van der Waals surface area contributed by atoms with Crippen LogP contribution in [-0.4, -0.2) is 39.6 Å². The number of methoxy groups -OCH3 is 2. The van der Waals surface area contributed by atoms with E-state index in [9.17, 15) is 4.79 Å². The fraction of sp³-hybridized carbons (Fsp3) is 0.167. The highest BCUT2D eigenvalue weighted by Crippen LogP contribution is 2.33. The molecule has 0 aliphatic heterocycles. The summed E-state index contributed by atoms with van der Waals surface area (Å²) in [4.78, 5) is 25.4. The molecular formula is C24H23N5O3. The predicted molar refractivity (Wildman–Crippen MR) is 120 cm³/mol. The summed E-state index contributed by atoms with van der Waals surface area (Å²) in [6.45, 7) is 2.15. The Bertz CT molecular complexity index is 1230. The highest BCUT2D eigenvalue weighted by atomic mass is 16.5. The number of benzene rings is 2. The minimum Gasteiger partial charge on any atom is -0.493 e. The van der Waals surface area contributed by atoms with Crippen molar-refractivity contribution in [3.63, 3.8) is 0 Å². The van der Waals surface area contributed by atoms with E-state index in [1.54, 1.807) is 43.7 Å². The molecule has 162 valence electrons. The van der Waals surface area contributed by atoms with Crippen molar-refractivity contribution in [3.05, 3.63) is 84.5 Å². The Hall–Kier alpha value is -4.20. The minimum atomic E-state index is -0.249. The molecule has 0 unspecified atom stereocenters. The topological polar surface area (TPSA) is 91.2 Å². The molecular weight excluding hydrogens is 406 g/mol. The van der Waals surface area contributed by atoms with Crippen LogP contribution in [-0.2, 0) is 6.54 Å². The molecule has 1 amide bonds. The molecule has 4 rings (SSSR count). The molecule has 0 saturated carbocycles.